The minimum atomic E-state index is -3.35. The quantitative estimate of drug-likeness (QED) is 0.885. The van der Waals surface area contributed by atoms with E-state index in [4.69, 9.17) is 0 Å². The van der Waals surface area contributed by atoms with Crippen molar-refractivity contribution in [2.45, 2.75) is 13.0 Å². The van der Waals surface area contributed by atoms with Gasteiger partial charge in [0, 0.05) is 18.9 Å². The third kappa shape index (κ3) is 3.73. The van der Waals surface area contributed by atoms with Crippen LogP contribution in [0.1, 0.15) is 18.5 Å². The van der Waals surface area contributed by atoms with Crippen LogP contribution < -0.4 is 0 Å². The first-order valence-corrected chi connectivity index (χ1v) is 7.49. The molecule has 1 rings (SSSR count). The number of phenols is 1. The maximum absolute atomic E-state index is 11.7. The number of hydrogen-bond donors (Lipinski definition) is 1. The summed E-state index contributed by atoms with van der Waals surface area (Å²) in [6.07, 6.45) is 1.02. The van der Waals surface area contributed by atoms with Gasteiger partial charge in [-0.1, -0.05) is 18.2 Å². The molecule has 0 aromatic heterocycles. The van der Waals surface area contributed by atoms with Gasteiger partial charge in [-0.2, -0.15) is 0 Å². The second kappa shape index (κ2) is 5.39. The van der Waals surface area contributed by atoms with Crippen LogP contribution in [0, 0.1) is 0 Å². The lowest BCUT2D eigenvalue weighted by Crippen LogP contribution is -2.34. The van der Waals surface area contributed by atoms with Crippen molar-refractivity contribution in [3.05, 3.63) is 29.8 Å². The highest BCUT2D eigenvalue weighted by atomic mass is 32.2. The highest BCUT2D eigenvalue weighted by Crippen LogP contribution is 2.27. The van der Waals surface area contributed by atoms with Crippen LogP contribution in [0.5, 0.6) is 5.75 Å². The Morgan fingerprint density at radius 2 is 1.94 bits per heavy atom. The summed E-state index contributed by atoms with van der Waals surface area (Å²) < 4.78 is 22.2. The van der Waals surface area contributed by atoms with Gasteiger partial charge in [0.1, 0.15) is 11.5 Å². The summed E-state index contributed by atoms with van der Waals surface area (Å²) >= 11 is 0. The van der Waals surface area contributed by atoms with Crippen LogP contribution in [-0.4, -0.2) is 43.4 Å². The smallest absolute Gasteiger partial charge is 0.238 e. The van der Waals surface area contributed by atoms with Crippen LogP contribution in [0.25, 0.3) is 0 Å². The SMILES string of the molecule is CC(c1ccccc1O)N(C)C(=O)CS(C)(=O)=O. The Hall–Kier alpha value is -1.56. The van der Waals surface area contributed by atoms with Gasteiger partial charge in [0.2, 0.25) is 5.91 Å². The molecule has 1 aromatic carbocycles. The Kier molecular flexibility index (Phi) is 4.34. The van der Waals surface area contributed by atoms with E-state index in [1.165, 1.54) is 18.0 Å². The Balaban J connectivity index is 2.88. The normalized spacial score (nSPS) is 13.1. The topological polar surface area (TPSA) is 74.7 Å². The predicted octanol–water partition coefficient (Wildman–Crippen LogP) is 0.956. The number of carbonyl (C=O) groups excluding carboxylic acids is 1. The van der Waals surface area contributed by atoms with E-state index in [9.17, 15) is 18.3 Å². The molecule has 0 aliphatic rings. The van der Waals surface area contributed by atoms with Crippen molar-refractivity contribution < 1.29 is 18.3 Å². The van der Waals surface area contributed by atoms with Gasteiger partial charge in [-0.25, -0.2) is 8.42 Å². The monoisotopic (exact) mass is 271 g/mol. The first-order valence-electron chi connectivity index (χ1n) is 5.43. The van der Waals surface area contributed by atoms with Gasteiger partial charge in [0.05, 0.1) is 6.04 Å². The summed E-state index contributed by atoms with van der Waals surface area (Å²) in [6, 6.07) is 6.27. The van der Waals surface area contributed by atoms with Crippen molar-refractivity contribution in [3.63, 3.8) is 0 Å². The number of para-hydroxylation sites is 1. The summed E-state index contributed by atoms with van der Waals surface area (Å²) in [4.78, 5) is 13.1. The molecule has 0 aliphatic carbocycles. The third-order valence-electron chi connectivity index (χ3n) is 2.75. The van der Waals surface area contributed by atoms with E-state index in [0.717, 1.165) is 6.26 Å². The molecule has 0 bridgehead atoms. The molecule has 18 heavy (non-hydrogen) atoms. The maximum atomic E-state index is 11.7. The molecule has 0 fully saturated rings. The summed E-state index contributed by atoms with van der Waals surface area (Å²) in [7, 11) is -1.83. The summed E-state index contributed by atoms with van der Waals surface area (Å²) in [5, 5.41) is 9.69. The summed E-state index contributed by atoms with van der Waals surface area (Å²) in [6.45, 7) is 1.73. The third-order valence-corrected chi connectivity index (χ3v) is 3.52. The zero-order chi connectivity index (χ0) is 13.9. The van der Waals surface area contributed by atoms with Crippen LogP contribution in [0.15, 0.2) is 24.3 Å². The molecule has 6 heteroatoms. The summed E-state index contributed by atoms with van der Waals surface area (Å²) in [5.41, 5.74) is 0.585. The van der Waals surface area contributed by atoms with Crippen molar-refractivity contribution >= 4 is 15.7 Å². The Labute approximate surface area is 107 Å². The van der Waals surface area contributed by atoms with E-state index in [0.29, 0.717) is 5.56 Å². The molecular formula is C12H17NO4S. The molecule has 1 N–H and O–H groups in total. The second-order valence-corrected chi connectivity index (χ2v) is 6.45. The van der Waals surface area contributed by atoms with Gasteiger partial charge in [-0.05, 0) is 13.0 Å². The zero-order valence-corrected chi connectivity index (χ0v) is 11.4. The fourth-order valence-electron chi connectivity index (χ4n) is 1.59. The number of aromatic hydroxyl groups is 1. The van der Waals surface area contributed by atoms with Crippen molar-refractivity contribution in [1.82, 2.24) is 4.90 Å². The number of rotatable bonds is 4. The standard InChI is InChI=1S/C12H17NO4S/c1-9(10-6-4-5-7-11(10)14)13(2)12(15)8-18(3,16)17/h4-7,9,14H,8H2,1-3H3. The van der Waals surface area contributed by atoms with Crippen molar-refractivity contribution in [2.75, 3.05) is 19.1 Å². The lowest BCUT2D eigenvalue weighted by molar-refractivity contribution is -0.129. The Morgan fingerprint density at radius 3 is 2.44 bits per heavy atom. The molecule has 1 unspecified atom stereocenters. The molecule has 1 atom stereocenters. The summed E-state index contributed by atoms with van der Waals surface area (Å²) in [5.74, 6) is -0.932. The van der Waals surface area contributed by atoms with Gasteiger partial charge in [0.25, 0.3) is 0 Å². The number of carbonyl (C=O) groups is 1. The molecule has 1 amide bonds. The van der Waals surface area contributed by atoms with E-state index in [2.05, 4.69) is 0 Å². The van der Waals surface area contributed by atoms with Crippen LogP contribution in [0.3, 0.4) is 0 Å². The van der Waals surface area contributed by atoms with E-state index in [1.807, 2.05) is 0 Å². The molecule has 0 aliphatic heterocycles. The molecule has 100 valence electrons. The van der Waals surface area contributed by atoms with Gasteiger partial charge in [-0.15, -0.1) is 0 Å². The van der Waals surface area contributed by atoms with Gasteiger partial charge >= 0.3 is 0 Å². The minimum Gasteiger partial charge on any atom is -0.508 e. The van der Waals surface area contributed by atoms with Crippen LogP contribution in [0.2, 0.25) is 0 Å². The fourth-order valence-corrected chi connectivity index (χ4v) is 2.24. The highest BCUT2D eigenvalue weighted by molar-refractivity contribution is 7.91. The van der Waals surface area contributed by atoms with Gasteiger partial charge < -0.3 is 10.0 Å². The largest absolute Gasteiger partial charge is 0.508 e. The van der Waals surface area contributed by atoms with Gasteiger partial charge in [-0.3, -0.25) is 4.79 Å². The number of amides is 1. The first kappa shape index (κ1) is 14.5. The van der Waals surface area contributed by atoms with Crippen molar-refractivity contribution in [3.8, 4) is 5.75 Å². The number of nitrogens with zero attached hydrogens (tertiary/aromatic N) is 1. The second-order valence-electron chi connectivity index (χ2n) is 4.31. The molecule has 0 saturated heterocycles. The van der Waals surface area contributed by atoms with Crippen molar-refractivity contribution in [1.29, 1.82) is 0 Å². The van der Waals surface area contributed by atoms with E-state index < -0.39 is 21.5 Å². The molecule has 0 saturated carbocycles. The first-order chi connectivity index (χ1) is 8.22. The van der Waals surface area contributed by atoms with E-state index >= 15 is 0 Å². The van der Waals surface area contributed by atoms with Gasteiger partial charge in [0.15, 0.2) is 9.84 Å². The molecule has 5 nitrogen and oxygen atoms in total. The number of benzene rings is 1. The molecular weight excluding hydrogens is 254 g/mol. The zero-order valence-electron chi connectivity index (χ0n) is 10.6. The van der Waals surface area contributed by atoms with Crippen LogP contribution in [0.4, 0.5) is 0 Å². The highest BCUT2D eigenvalue weighted by Gasteiger charge is 2.22. The van der Waals surface area contributed by atoms with Crippen molar-refractivity contribution in [2.24, 2.45) is 0 Å². The molecule has 0 spiro atoms. The molecule has 1 aromatic rings. The Morgan fingerprint density at radius 1 is 1.39 bits per heavy atom. The number of hydrogen-bond acceptors (Lipinski definition) is 4. The van der Waals surface area contributed by atoms with Crippen LogP contribution in [-0.2, 0) is 14.6 Å². The van der Waals surface area contributed by atoms with E-state index in [-0.39, 0.29) is 11.8 Å². The molecule has 0 heterocycles. The van der Waals surface area contributed by atoms with Crippen LogP contribution >= 0.6 is 0 Å². The van der Waals surface area contributed by atoms with E-state index in [1.54, 1.807) is 25.1 Å². The predicted molar refractivity (Wildman–Crippen MR) is 69.0 cm³/mol. The lowest BCUT2D eigenvalue weighted by Gasteiger charge is -2.25. The average Bonchev–Trinajstić information content (AvgIpc) is 2.25. The number of phenolic OH excluding ortho intramolecular Hbond substituents is 1. The minimum absolute atomic E-state index is 0.0870. The number of sulfone groups is 1. The Bertz CT molecular complexity index is 539. The molecule has 0 radical (unpaired) electrons. The fraction of sp³-hybridized carbons (Fsp3) is 0.417. The average molecular weight is 271 g/mol. The maximum Gasteiger partial charge on any atom is 0.238 e. The lowest BCUT2D eigenvalue weighted by atomic mass is 10.1.